The molecule has 0 aliphatic carbocycles. The Labute approximate surface area is 158 Å². The van der Waals surface area contributed by atoms with E-state index in [9.17, 15) is 19.2 Å². The van der Waals surface area contributed by atoms with E-state index in [1.165, 1.54) is 6.08 Å². The second kappa shape index (κ2) is 9.65. The van der Waals surface area contributed by atoms with E-state index in [0.29, 0.717) is 18.1 Å². The van der Waals surface area contributed by atoms with Crippen LogP contribution in [-0.2, 0) is 19.1 Å². The van der Waals surface area contributed by atoms with Gasteiger partial charge in [-0.25, -0.2) is 9.69 Å². The summed E-state index contributed by atoms with van der Waals surface area (Å²) in [4.78, 5) is 49.3. The molecule has 2 aliphatic rings. The molecule has 26 heavy (non-hydrogen) atoms. The van der Waals surface area contributed by atoms with Gasteiger partial charge in [-0.1, -0.05) is 6.08 Å². The number of halogens is 1. The van der Waals surface area contributed by atoms with Crippen molar-refractivity contribution < 1.29 is 23.9 Å². The molecule has 2 aliphatic heterocycles. The number of piperidine rings is 1. The first-order valence-corrected chi connectivity index (χ1v) is 8.19. The summed E-state index contributed by atoms with van der Waals surface area (Å²) in [5.74, 6) is -2.41. The van der Waals surface area contributed by atoms with E-state index in [4.69, 9.17) is 4.74 Å². The molecule has 0 aromatic heterocycles. The highest BCUT2D eigenvalue weighted by Gasteiger charge is 2.44. The van der Waals surface area contributed by atoms with E-state index in [0.717, 1.165) is 30.8 Å². The van der Waals surface area contributed by atoms with Crippen molar-refractivity contribution in [1.82, 2.24) is 20.4 Å². The van der Waals surface area contributed by atoms with Crippen LogP contribution < -0.4 is 10.6 Å². The number of imide groups is 2. The zero-order valence-electron chi connectivity index (χ0n) is 14.8. The van der Waals surface area contributed by atoms with Gasteiger partial charge in [0.05, 0.1) is 6.61 Å². The minimum Gasteiger partial charge on any atom is -0.384 e. The maximum atomic E-state index is 12.2. The molecule has 0 bridgehead atoms. The van der Waals surface area contributed by atoms with E-state index in [1.54, 1.807) is 7.11 Å². The third-order valence-corrected chi connectivity index (χ3v) is 4.52. The Bertz CT molecular complexity index is 571. The normalized spacial score (nSPS) is 19.3. The Morgan fingerprint density at radius 3 is 2.46 bits per heavy atom. The SMILES string of the molecule is C=CCN1C(=O)C(=O)N(CC(=O)NCC2(COC)CCNCC2)C1=O.Cl. The van der Waals surface area contributed by atoms with Crippen molar-refractivity contribution in [3.05, 3.63) is 12.7 Å². The third-order valence-electron chi connectivity index (χ3n) is 4.52. The van der Waals surface area contributed by atoms with Gasteiger partial charge in [-0.15, -0.1) is 19.0 Å². The standard InChI is InChI=1S/C16H24N4O5.ClH/c1-3-8-19-13(22)14(23)20(15(19)24)9-12(21)18-10-16(11-25-2)4-6-17-7-5-16;/h3,17H,1,4-11H2,2H3,(H,18,21);1H. The molecule has 2 rings (SSSR count). The van der Waals surface area contributed by atoms with Crippen LogP contribution in [0.3, 0.4) is 0 Å². The van der Waals surface area contributed by atoms with Crippen molar-refractivity contribution >= 4 is 36.2 Å². The Morgan fingerprint density at radius 2 is 1.88 bits per heavy atom. The van der Waals surface area contributed by atoms with Gasteiger partial charge in [0.1, 0.15) is 6.54 Å². The second-order valence-corrected chi connectivity index (χ2v) is 6.34. The monoisotopic (exact) mass is 388 g/mol. The fraction of sp³-hybridized carbons (Fsp3) is 0.625. The lowest BCUT2D eigenvalue weighted by molar-refractivity contribution is -0.143. The summed E-state index contributed by atoms with van der Waals surface area (Å²) in [6.07, 6.45) is 3.06. The first kappa shape index (κ1) is 22.1. The molecule has 2 saturated heterocycles. The number of hydrogen-bond donors (Lipinski definition) is 2. The van der Waals surface area contributed by atoms with Crippen LogP contribution in [0.2, 0.25) is 0 Å². The van der Waals surface area contributed by atoms with Crippen LogP contribution >= 0.6 is 12.4 Å². The lowest BCUT2D eigenvalue weighted by Gasteiger charge is -2.37. The Balaban J connectivity index is 0.00000338. The van der Waals surface area contributed by atoms with Crippen LogP contribution in [0.25, 0.3) is 0 Å². The smallest absolute Gasteiger partial charge is 0.335 e. The molecule has 0 aromatic rings. The number of carbonyl (C=O) groups is 4. The van der Waals surface area contributed by atoms with Crippen LogP contribution in [0.15, 0.2) is 12.7 Å². The number of rotatable bonds is 8. The molecule has 0 atom stereocenters. The van der Waals surface area contributed by atoms with Crippen LogP contribution in [0.4, 0.5) is 4.79 Å². The zero-order valence-corrected chi connectivity index (χ0v) is 15.6. The maximum absolute atomic E-state index is 12.2. The van der Waals surface area contributed by atoms with Crippen molar-refractivity contribution in [3.8, 4) is 0 Å². The highest BCUT2D eigenvalue weighted by molar-refractivity contribution is 6.45. The minimum atomic E-state index is -0.990. The largest absolute Gasteiger partial charge is 0.384 e. The predicted molar refractivity (Wildman–Crippen MR) is 95.7 cm³/mol. The summed E-state index contributed by atoms with van der Waals surface area (Å²) in [6, 6.07) is -0.793. The number of hydrogen-bond acceptors (Lipinski definition) is 6. The number of methoxy groups -OCH3 is 1. The van der Waals surface area contributed by atoms with Crippen molar-refractivity contribution in [2.45, 2.75) is 12.8 Å². The van der Waals surface area contributed by atoms with Gasteiger partial charge in [-0.05, 0) is 25.9 Å². The predicted octanol–water partition coefficient (Wildman–Crippen LogP) is -0.483. The van der Waals surface area contributed by atoms with Gasteiger partial charge in [0.25, 0.3) is 0 Å². The van der Waals surface area contributed by atoms with Crippen LogP contribution in [0, 0.1) is 5.41 Å². The number of ether oxygens (including phenoxy) is 1. The summed E-state index contributed by atoms with van der Waals surface area (Å²) in [7, 11) is 1.62. The van der Waals surface area contributed by atoms with Crippen molar-refractivity contribution in [2.75, 3.05) is 46.4 Å². The van der Waals surface area contributed by atoms with Gasteiger partial charge in [0, 0.05) is 25.6 Å². The zero-order chi connectivity index (χ0) is 18.4. The number of amides is 5. The van der Waals surface area contributed by atoms with Gasteiger partial charge < -0.3 is 15.4 Å². The quantitative estimate of drug-likeness (QED) is 0.330. The molecular formula is C16H25ClN4O5. The number of urea groups is 1. The molecular weight excluding hydrogens is 364 g/mol. The van der Waals surface area contributed by atoms with E-state index in [-0.39, 0.29) is 24.4 Å². The molecule has 0 aromatic carbocycles. The van der Waals surface area contributed by atoms with Crippen molar-refractivity contribution in [1.29, 1.82) is 0 Å². The molecule has 0 unspecified atom stereocenters. The fourth-order valence-electron chi connectivity index (χ4n) is 3.10. The molecule has 10 heteroatoms. The first-order chi connectivity index (χ1) is 11.9. The number of nitrogens with zero attached hydrogens (tertiary/aromatic N) is 2. The highest BCUT2D eigenvalue weighted by atomic mass is 35.5. The molecule has 9 nitrogen and oxygen atoms in total. The van der Waals surface area contributed by atoms with Gasteiger partial charge in [0.15, 0.2) is 0 Å². The van der Waals surface area contributed by atoms with E-state index < -0.39 is 30.3 Å². The molecule has 5 amide bonds. The minimum absolute atomic E-state index is 0. The summed E-state index contributed by atoms with van der Waals surface area (Å²) >= 11 is 0. The topological polar surface area (TPSA) is 108 Å². The van der Waals surface area contributed by atoms with Crippen molar-refractivity contribution in [3.63, 3.8) is 0 Å². The maximum Gasteiger partial charge on any atom is 0.335 e. The molecule has 146 valence electrons. The summed E-state index contributed by atoms with van der Waals surface area (Å²) in [5, 5.41) is 6.03. The average Bonchev–Trinajstić information content (AvgIpc) is 2.80. The lowest BCUT2D eigenvalue weighted by Crippen LogP contribution is -2.49. The molecule has 0 radical (unpaired) electrons. The van der Waals surface area contributed by atoms with Gasteiger partial charge >= 0.3 is 17.8 Å². The molecule has 0 saturated carbocycles. The first-order valence-electron chi connectivity index (χ1n) is 8.19. The second-order valence-electron chi connectivity index (χ2n) is 6.34. The van der Waals surface area contributed by atoms with E-state index in [2.05, 4.69) is 17.2 Å². The number of nitrogens with one attached hydrogen (secondary N) is 2. The Hall–Kier alpha value is -1.97. The van der Waals surface area contributed by atoms with Crippen LogP contribution in [-0.4, -0.2) is 80.0 Å². The fourth-order valence-corrected chi connectivity index (χ4v) is 3.10. The van der Waals surface area contributed by atoms with Gasteiger partial charge in [-0.2, -0.15) is 0 Å². The molecule has 2 heterocycles. The third kappa shape index (κ3) is 4.80. The average molecular weight is 389 g/mol. The van der Waals surface area contributed by atoms with Crippen LogP contribution in [0.5, 0.6) is 0 Å². The van der Waals surface area contributed by atoms with Crippen molar-refractivity contribution in [2.24, 2.45) is 5.41 Å². The highest BCUT2D eigenvalue weighted by Crippen LogP contribution is 2.28. The molecule has 0 spiro atoms. The molecule has 2 N–H and O–H groups in total. The summed E-state index contributed by atoms with van der Waals surface area (Å²) < 4.78 is 5.28. The summed E-state index contributed by atoms with van der Waals surface area (Å²) in [6.45, 7) is 5.49. The molecule has 2 fully saturated rings. The van der Waals surface area contributed by atoms with Gasteiger partial charge in [0.2, 0.25) is 5.91 Å². The van der Waals surface area contributed by atoms with E-state index >= 15 is 0 Å². The van der Waals surface area contributed by atoms with Gasteiger partial charge in [-0.3, -0.25) is 19.3 Å². The Kier molecular flexibility index (Phi) is 8.19. The summed E-state index contributed by atoms with van der Waals surface area (Å²) in [5.41, 5.74) is -0.167. The number of carbonyl (C=O) groups excluding carboxylic acids is 4. The lowest BCUT2D eigenvalue weighted by atomic mass is 9.79. The Morgan fingerprint density at radius 1 is 1.27 bits per heavy atom. The van der Waals surface area contributed by atoms with E-state index in [1.807, 2.05) is 0 Å². The van der Waals surface area contributed by atoms with Crippen LogP contribution in [0.1, 0.15) is 12.8 Å².